The number of carboxylic acids is 1. The number of carboxylic acid groups (broad SMARTS) is 1. The predicted octanol–water partition coefficient (Wildman–Crippen LogP) is -4.65. The van der Waals surface area contributed by atoms with Crippen LogP contribution < -0.4 is 24.0 Å². The molecule has 82 valence electrons. The summed E-state index contributed by atoms with van der Waals surface area (Å²) in [6.45, 7) is 3.82. The fourth-order valence-electron chi connectivity index (χ4n) is 1.62. The Morgan fingerprint density at radius 2 is 2.13 bits per heavy atom. The smallest absolute Gasteiger partial charge is 0.548 e. The molecule has 1 saturated heterocycles. The quantitative estimate of drug-likeness (QED) is 0.436. The molecule has 15 heavy (non-hydrogen) atoms. The molecule has 0 N–H and O–H groups in total. The fraction of sp³-hybridized carbons (Fsp3) is 0.889. The van der Waals surface area contributed by atoms with Crippen LogP contribution in [0.15, 0.2) is 0 Å². The summed E-state index contributed by atoms with van der Waals surface area (Å²) in [5.74, 6) is -1.02. The van der Waals surface area contributed by atoms with Gasteiger partial charge in [-0.3, -0.25) is 9.80 Å². The van der Waals surface area contributed by atoms with Crippen LogP contribution in [0.25, 0.3) is 0 Å². The summed E-state index contributed by atoms with van der Waals surface area (Å²) in [6.07, 6.45) is -0.0226. The Morgan fingerprint density at radius 3 is 2.60 bits per heavy atom. The first-order valence-corrected chi connectivity index (χ1v) is 4.74. The molecule has 1 unspecified atom stereocenters. The Morgan fingerprint density at radius 1 is 1.53 bits per heavy atom. The molecule has 5 nitrogen and oxygen atoms in total. The van der Waals surface area contributed by atoms with Crippen molar-refractivity contribution in [1.29, 1.82) is 0 Å². The van der Waals surface area contributed by atoms with Crippen LogP contribution in [0.3, 0.4) is 0 Å². The molecule has 0 radical (unpaired) electrons. The van der Waals surface area contributed by atoms with Gasteiger partial charge in [0.05, 0.1) is 5.97 Å². The summed E-state index contributed by atoms with van der Waals surface area (Å²) in [5.41, 5.74) is 0. The summed E-state index contributed by atoms with van der Waals surface area (Å²) < 4.78 is 5.23. The van der Waals surface area contributed by atoms with E-state index in [-0.39, 0.29) is 25.1 Å². The van der Waals surface area contributed by atoms with Gasteiger partial charge in [-0.2, -0.15) is 0 Å². The van der Waals surface area contributed by atoms with Gasteiger partial charge in [-0.1, -0.05) is 0 Å². The van der Waals surface area contributed by atoms with E-state index in [0.717, 1.165) is 13.1 Å². The van der Waals surface area contributed by atoms with Gasteiger partial charge in [-0.05, 0) is 14.0 Å². The van der Waals surface area contributed by atoms with E-state index in [1.807, 2.05) is 11.9 Å². The van der Waals surface area contributed by atoms with Gasteiger partial charge in [0.2, 0.25) is 0 Å². The molecule has 0 aliphatic carbocycles. The Hall–Kier alpha value is -0.0526. The van der Waals surface area contributed by atoms with Crippen molar-refractivity contribution in [2.24, 2.45) is 0 Å². The number of rotatable bonds is 3. The Balaban J connectivity index is 0.00000196. The number of carbonyl (C=O) groups is 1. The maximum absolute atomic E-state index is 10.7. The summed E-state index contributed by atoms with van der Waals surface area (Å²) in [6, 6.07) is -0.540. The van der Waals surface area contributed by atoms with Crippen LogP contribution in [0.5, 0.6) is 0 Å². The average molecular weight is 208 g/mol. The molecule has 1 heterocycles. The first kappa shape index (κ1) is 14.9. The third-order valence-corrected chi connectivity index (χ3v) is 2.78. The van der Waals surface area contributed by atoms with Crippen molar-refractivity contribution in [2.45, 2.75) is 19.2 Å². The molecule has 1 aliphatic heterocycles. The second kappa shape index (κ2) is 6.51. The number of ether oxygens (including phenoxy) is 1. The number of aliphatic carboxylic acids is 1. The topological polar surface area (TPSA) is 55.8 Å². The van der Waals surface area contributed by atoms with Gasteiger partial charge in [-0.15, -0.1) is 0 Å². The van der Waals surface area contributed by atoms with E-state index in [9.17, 15) is 9.90 Å². The third-order valence-electron chi connectivity index (χ3n) is 2.78. The zero-order valence-electron chi connectivity index (χ0n) is 9.90. The predicted molar refractivity (Wildman–Crippen MR) is 49.5 cm³/mol. The van der Waals surface area contributed by atoms with Crippen LogP contribution in [0.1, 0.15) is 6.92 Å². The molecule has 0 aromatic heterocycles. The summed E-state index contributed by atoms with van der Waals surface area (Å²) in [7, 11) is 3.60. The van der Waals surface area contributed by atoms with Gasteiger partial charge in [0.1, 0.15) is 6.23 Å². The van der Waals surface area contributed by atoms with Gasteiger partial charge in [0.15, 0.2) is 0 Å². The molecule has 1 rings (SSSR count). The molecule has 0 saturated carbocycles. The van der Waals surface area contributed by atoms with Gasteiger partial charge in [0, 0.05) is 32.8 Å². The van der Waals surface area contributed by atoms with Crippen molar-refractivity contribution in [3.05, 3.63) is 0 Å². The maximum atomic E-state index is 10.7. The van der Waals surface area contributed by atoms with E-state index in [4.69, 9.17) is 4.74 Å². The zero-order chi connectivity index (χ0) is 10.7. The molecule has 0 aromatic carbocycles. The van der Waals surface area contributed by atoms with E-state index in [2.05, 4.69) is 4.90 Å². The molecule has 6 heteroatoms. The van der Waals surface area contributed by atoms with Crippen molar-refractivity contribution < 1.29 is 33.5 Å². The minimum atomic E-state index is -1.02. The first-order valence-electron chi connectivity index (χ1n) is 4.74. The first-order chi connectivity index (χ1) is 6.56. The number of methoxy groups -OCH3 is 1. The van der Waals surface area contributed by atoms with E-state index in [1.165, 1.54) is 0 Å². The van der Waals surface area contributed by atoms with Crippen LogP contribution in [-0.4, -0.2) is 61.8 Å². The van der Waals surface area contributed by atoms with E-state index in [1.54, 1.807) is 14.0 Å². The van der Waals surface area contributed by atoms with Crippen molar-refractivity contribution >= 4 is 5.97 Å². The van der Waals surface area contributed by atoms with E-state index < -0.39 is 12.0 Å². The third kappa shape index (κ3) is 3.78. The minimum absolute atomic E-state index is 0. The van der Waals surface area contributed by atoms with E-state index >= 15 is 0 Å². The van der Waals surface area contributed by atoms with Gasteiger partial charge in [-0.25, -0.2) is 0 Å². The number of nitrogens with zero attached hydrogens (tertiary/aromatic N) is 2. The molecule has 0 aromatic rings. The van der Waals surface area contributed by atoms with Crippen molar-refractivity contribution in [3.63, 3.8) is 0 Å². The monoisotopic (exact) mass is 208 g/mol. The van der Waals surface area contributed by atoms with Crippen molar-refractivity contribution in [2.75, 3.05) is 33.8 Å². The molecule has 2 atom stereocenters. The Kier molecular flexibility index (Phi) is 6.49. The van der Waals surface area contributed by atoms with Crippen molar-refractivity contribution in [1.82, 2.24) is 9.80 Å². The molecule has 1 aliphatic rings. The van der Waals surface area contributed by atoms with Crippen LogP contribution in [0.2, 0.25) is 0 Å². The molecular formula is C9H17LiN2O3. The maximum Gasteiger partial charge on any atom is 1.00 e. The minimum Gasteiger partial charge on any atom is -0.548 e. The Bertz CT molecular complexity index is 216. The fourth-order valence-corrected chi connectivity index (χ4v) is 1.62. The van der Waals surface area contributed by atoms with Gasteiger partial charge >= 0.3 is 18.9 Å². The molecule has 0 amide bonds. The molecule has 0 spiro atoms. The van der Waals surface area contributed by atoms with Crippen molar-refractivity contribution in [3.8, 4) is 0 Å². The molecular weight excluding hydrogens is 191 g/mol. The second-order valence-corrected chi connectivity index (χ2v) is 3.66. The number of hydrogen-bond donors (Lipinski definition) is 0. The summed E-state index contributed by atoms with van der Waals surface area (Å²) >= 11 is 0. The Labute approximate surface area is 103 Å². The second-order valence-electron chi connectivity index (χ2n) is 3.66. The number of carbonyl (C=O) groups excluding carboxylic acids is 1. The molecule has 0 bridgehead atoms. The van der Waals surface area contributed by atoms with Crippen LogP contribution in [0.4, 0.5) is 0 Å². The summed E-state index contributed by atoms with van der Waals surface area (Å²) in [5, 5.41) is 10.7. The van der Waals surface area contributed by atoms with Gasteiger partial charge in [0.25, 0.3) is 0 Å². The number of hydrogen-bond acceptors (Lipinski definition) is 5. The SMILES string of the molecule is CO[C@H]1CN(C(C)C(=O)[O-])CCN1C.[Li+]. The largest absolute Gasteiger partial charge is 1.00 e. The summed E-state index contributed by atoms with van der Waals surface area (Å²) in [4.78, 5) is 14.6. The number of likely N-dealkylation sites (N-methyl/N-ethyl adjacent to an activating group) is 1. The average Bonchev–Trinajstić information content (AvgIpc) is 2.17. The molecule has 1 fully saturated rings. The zero-order valence-corrected chi connectivity index (χ0v) is 9.90. The van der Waals surface area contributed by atoms with Gasteiger partial charge < -0.3 is 14.6 Å². The standard InChI is InChI=1S/C9H18N2O3.Li/c1-7(9(12)13)11-5-4-10(2)8(6-11)14-3;/h7-8H,4-6H2,1-3H3,(H,12,13);/q;+1/p-1/t7?,8-;/m0./s1. The normalized spacial score (nSPS) is 25.7. The number of piperazine rings is 1. The van der Waals surface area contributed by atoms with E-state index in [0.29, 0.717) is 6.54 Å². The van der Waals surface area contributed by atoms with Crippen LogP contribution in [-0.2, 0) is 9.53 Å². The van der Waals surface area contributed by atoms with Crippen LogP contribution >= 0.6 is 0 Å². The van der Waals surface area contributed by atoms with Crippen LogP contribution in [0, 0.1) is 0 Å².